The molecule has 0 saturated heterocycles. The fourth-order valence-electron chi connectivity index (χ4n) is 13.8. The van der Waals surface area contributed by atoms with Gasteiger partial charge in [-0.3, -0.25) is 0 Å². The van der Waals surface area contributed by atoms with Gasteiger partial charge in [0.25, 0.3) is 0 Å². The van der Waals surface area contributed by atoms with E-state index in [1.54, 1.807) is 11.1 Å². The molecule has 286 valence electrons. The van der Waals surface area contributed by atoms with E-state index in [0.29, 0.717) is 0 Å². The lowest BCUT2D eigenvalue weighted by Gasteiger charge is -2.44. The monoisotopic (exact) mass is 735 g/mol. The van der Waals surface area contributed by atoms with Gasteiger partial charge >= 0.3 is 0 Å². The number of anilines is 3. The van der Waals surface area contributed by atoms with Gasteiger partial charge in [-0.15, -0.1) is 0 Å². The van der Waals surface area contributed by atoms with Crippen molar-refractivity contribution >= 4 is 17.1 Å². The van der Waals surface area contributed by atoms with Crippen LogP contribution in [0, 0.1) is 23.7 Å². The van der Waals surface area contributed by atoms with Crippen LogP contribution >= 0.6 is 0 Å². The molecule has 7 aliphatic rings. The molecule has 12 rings (SSSR count). The predicted octanol–water partition coefficient (Wildman–Crippen LogP) is 14.9. The summed E-state index contributed by atoms with van der Waals surface area (Å²) in [5.41, 5.74) is 19.6. The summed E-state index contributed by atoms with van der Waals surface area (Å²) in [7, 11) is 0. The Labute approximate surface area is 337 Å². The van der Waals surface area contributed by atoms with E-state index in [1.165, 1.54) is 113 Å². The van der Waals surface area contributed by atoms with Crippen molar-refractivity contribution in [3.05, 3.63) is 137 Å². The lowest BCUT2D eigenvalue weighted by molar-refractivity contribution is 0.191. The van der Waals surface area contributed by atoms with Crippen LogP contribution in [0.5, 0.6) is 0 Å². The average molecular weight is 736 g/mol. The highest BCUT2D eigenvalue weighted by atomic mass is 15.1. The molecule has 5 aromatic carbocycles. The summed E-state index contributed by atoms with van der Waals surface area (Å²) in [4.78, 5) is 2.63. The van der Waals surface area contributed by atoms with Gasteiger partial charge in [0, 0.05) is 22.5 Å². The van der Waals surface area contributed by atoms with Gasteiger partial charge in [0.15, 0.2) is 0 Å². The van der Waals surface area contributed by atoms with E-state index in [-0.39, 0.29) is 27.1 Å². The second-order valence-electron chi connectivity index (χ2n) is 21.9. The summed E-state index contributed by atoms with van der Waals surface area (Å²) in [6, 6.07) is 41.4. The summed E-state index contributed by atoms with van der Waals surface area (Å²) in [5.74, 6) is 3.35. The minimum absolute atomic E-state index is 0.131. The van der Waals surface area contributed by atoms with Crippen molar-refractivity contribution < 1.29 is 0 Å². The lowest BCUT2D eigenvalue weighted by Crippen LogP contribution is -2.40. The van der Waals surface area contributed by atoms with E-state index >= 15 is 0 Å². The number of benzene rings is 5. The van der Waals surface area contributed by atoms with Crippen molar-refractivity contribution in [3.63, 3.8) is 0 Å². The number of hydrogen-bond donors (Lipinski definition) is 0. The molecule has 0 aromatic heterocycles. The zero-order chi connectivity index (χ0) is 38.6. The van der Waals surface area contributed by atoms with Crippen LogP contribution < -0.4 is 4.90 Å². The number of rotatable bonds is 4. The standard InChI is InChI=1S/C55H61N/c1-51(2)22-24-53(5,6)49-32-40(16-20-46(49)51)56(41-17-21-47-50(33-41)54(7,8)25-23-52(47,3)4)39-15-19-45-43(31-39)42-30-36(35-12-10-9-11-13-35)14-18-44(42)55(45)38-27-34-26-37(29-38)48(55)28-34/h9-21,30-34,37-38,48H,22-29H2,1-8H3. The van der Waals surface area contributed by atoms with E-state index in [2.05, 4.69) is 163 Å². The summed E-state index contributed by atoms with van der Waals surface area (Å²) in [6.07, 6.45) is 10.6. The third-order valence-electron chi connectivity index (χ3n) is 17.0. The molecule has 5 aromatic rings. The molecule has 5 unspecified atom stereocenters. The molecule has 0 amide bonds. The molecule has 5 atom stereocenters. The lowest BCUT2D eigenvalue weighted by atomic mass is 9.59. The first-order chi connectivity index (χ1) is 26.7. The van der Waals surface area contributed by atoms with Crippen molar-refractivity contribution in [3.8, 4) is 22.3 Å². The fraction of sp³-hybridized carbons (Fsp3) is 0.455. The van der Waals surface area contributed by atoms with Crippen molar-refractivity contribution in [1.29, 1.82) is 0 Å². The van der Waals surface area contributed by atoms with E-state index in [1.807, 2.05) is 0 Å². The molecule has 56 heavy (non-hydrogen) atoms. The third-order valence-corrected chi connectivity index (χ3v) is 17.0. The maximum Gasteiger partial charge on any atom is 0.0468 e. The Morgan fingerprint density at radius 2 is 0.929 bits per heavy atom. The molecule has 0 heterocycles. The highest BCUT2D eigenvalue weighted by Crippen LogP contribution is 2.73. The van der Waals surface area contributed by atoms with Gasteiger partial charge in [-0.05, 0) is 195 Å². The van der Waals surface area contributed by atoms with Gasteiger partial charge < -0.3 is 4.90 Å². The van der Waals surface area contributed by atoms with E-state index < -0.39 is 0 Å². The van der Waals surface area contributed by atoms with Gasteiger partial charge in [0.05, 0.1) is 0 Å². The van der Waals surface area contributed by atoms with Crippen LogP contribution in [0.2, 0.25) is 0 Å². The molecular formula is C55H61N. The molecule has 1 spiro atoms. The third kappa shape index (κ3) is 4.79. The van der Waals surface area contributed by atoms with Crippen LogP contribution in [0.3, 0.4) is 0 Å². The van der Waals surface area contributed by atoms with Gasteiger partial charge in [-0.2, -0.15) is 0 Å². The number of fused-ring (bicyclic) bond motifs is 5. The normalized spacial score (nSPS) is 28.8. The molecule has 4 saturated carbocycles. The first-order valence-electron chi connectivity index (χ1n) is 22.1. The molecule has 4 fully saturated rings. The average Bonchev–Trinajstić information content (AvgIpc) is 3.72. The van der Waals surface area contributed by atoms with E-state index in [9.17, 15) is 0 Å². The Bertz CT molecular complexity index is 2340. The minimum Gasteiger partial charge on any atom is -0.310 e. The van der Waals surface area contributed by atoms with Gasteiger partial charge in [0.1, 0.15) is 0 Å². The van der Waals surface area contributed by atoms with Crippen molar-refractivity contribution in [2.24, 2.45) is 23.7 Å². The highest BCUT2D eigenvalue weighted by molar-refractivity contribution is 5.90. The summed E-state index contributed by atoms with van der Waals surface area (Å²) < 4.78 is 0. The first-order valence-corrected chi connectivity index (χ1v) is 22.1. The molecule has 0 aliphatic heterocycles. The SMILES string of the molecule is CC1(C)CCC(C)(C)c2cc(N(c3ccc4c(c3)-c3cc(-c5ccccc5)ccc3C43C4CC5CC(C4)C3C5)c3ccc4c(c3)C(C)(C)CCC4(C)C)ccc21. The van der Waals surface area contributed by atoms with Crippen LogP contribution in [0.1, 0.15) is 140 Å². The Morgan fingerprint density at radius 3 is 1.50 bits per heavy atom. The molecular weight excluding hydrogens is 675 g/mol. The Kier molecular flexibility index (Phi) is 7.22. The van der Waals surface area contributed by atoms with Crippen LogP contribution in [0.25, 0.3) is 22.3 Å². The van der Waals surface area contributed by atoms with Crippen LogP contribution in [-0.4, -0.2) is 0 Å². The smallest absolute Gasteiger partial charge is 0.0468 e. The number of nitrogens with zero attached hydrogens (tertiary/aromatic N) is 1. The number of hydrogen-bond acceptors (Lipinski definition) is 1. The first kappa shape index (κ1) is 35.1. The Hall–Kier alpha value is -4.10. The molecule has 1 heteroatoms. The maximum atomic E-state index is 2.63. The zero-order valence-electron chi connectivity index (χ0n) is 35.2. The van der Waals surface area contributed by atoms with E-state index in [4.69, 9.17) is 0 Å². The largest absolute Gasteiger partial charge is 0.310 e. The molecule has 0 radical (unpaired) electrons. The van der Waals surface area contributed by atoms with Crippen LogP contribution in [0.15, 0.2) is 103 Å². The molecule has 1 nitrogen and oxygen atoms in total. The van der Waals surface area contributed by atoms with E-state index in [0.717, 1.165) is 23.7 Å². The molecule has 0 N–H and O–H groups in total. The Morgan fingerprint density at radius 1 is 0.429 bits per heavy atom. The fourth-order valence-corrected chi connectivity index (χ4v) is 13.8. The highest BCUT2D eigenvalue weighted by Gasteiger charge is 2.66. The minimum atomic E-state index is 0.131. The molecule has 4 bridgehead atoms. The second-order valence-corrected chi connectivity index (χ2v) is 21.9. The summed E-state index contributed by atoms with van der Waals surface area (Å²) >= 11 is 0. The van der Waals surface area contributed by atoms with Gasteiger partial charge in [-0.25, -0.2) is 0 Å². The predicted molar refractivity (Wildman–Crippen MR) is 236 cm³/mol. The van der Waals surface area contributed by atoms with Crippen molar-refractivity contribution in [1.82, 2.24) is 0 Å². The Balaban J connectivity index is 1.14. The maximum absolute atomic E-state index is 2.63. The van der Waals surface area contributed by atoms with Gasteiger partial charge in [0.2, 0.25) is 0 Å². The van der Waals surface area contributed by atoms with Crippen molar-refractivity contribution in [2.75, 3.05) is 4.90 Å². The second kappa shape index (κ2) is 11.5. The van der Waals surface area contributed by atoms with Gasteiger partial charge in [-0.1, -0.05) is 116 Å². The van der Waals surface area contributed by atoms with Crippen LogP contribution in [0.4, 0.5) is 17.1 Å². The van der Waals surface area contributed by atoms with Crippen LogP contribution in [-0.2, 0) is 27.1 Å². The summed E-state index contributed by atoms with van der Waals surface area (Å²) in [6.45, 7) is 19.7. The summed E-state index contributed by atoms with van der Waals surface area (Å²) in [5, 5.41) is 0. The topological polar surface area (TPSA) is 3.24 Å². The van der Waals surface area contributed by atoms with Crippen molar-refractivity contribution in [2.45, 2.75) is 134 Å². The molecule has 7 aliphatic carbocycles. The zero-order valence-corrected chi connectivity index (χ0v) is 35.2. The quantitative estimate of drug-likeness (QED) is 0.178.